The molecule has 0 fully saturated rings. The number of rotatable bonds is 9. The van der Waals surface area contributed by atoms with E-state index >= 15 is 0 Å². The largest absolute Gasteiger partial charge is 0.491 e. The predicted octanol–water partition coefficient (Wildman–Crippen LogP) is 2.01. The second-order valence-corrected chi connectivity index (χ2v) is 3.94. The Hall–Kier alpha value is -1.10. The minimum absolute atomic E-state index is 0.152. The Labute approximate surface area is 109 Å². The van der Waals surface area contributed by atoms with Crippen LogP contribution in [-0.4, -0.2) is 40.6 Å². The molecule has 102 valence electrons. The van der Waals surface area contributed by atoms with Crippen LogP contribution in [0.25, 0.3) is 0 Å². The summed E-state index contributed by atoms with van der Waals surface area (Å²) in [4.78, 5) is 0. The Morgan fingerprint density at radius 1 is 1.11 bits per heavy atom. The SMILES string of the molecule is CCNC(COC)c1ccccc1OCCOC. The molecule has 4 heteroatoms. The van der Waals surface area contributed by atoms with Gasteiger partial charge in [0.15, 0.2) is 0 Å². The summed E-state index contributed by atoms with van der Waals surface area (Å²) >= 11 is 0. The normalized spacial score (nSPS) is 12.4. The number of benzene rings is 1. The van der Waals surface area contributed by atoms with E-state index in [4.69, 9.17) is 14.2 Å². The molecular formula is C14H23NO3. The van der Waals surface area contributed by atoms with Gasteiger partial charge in [-0.05, 0) is 12.6 Å². The Morgan fingerprint density at radius 2 is 1.89 bits per heavy atom. The molecule has 1 rings (SSSR count). The van der Waals surface area contributed by atoms with Crippen molar-refractivity contribution >= 4 is 0 Å². The van der Waals surface area contributed by atoms with Crippen molar-refractivity contribution in [2.45, 2.75) is 13.0 Å². The number of nitrogens with one attached hydrogen (secondary N) is 1. The van der Waals surface area contributed by atoms with Gasteiger partial charge in [-0.1, -0.05) is 25.1 Å². The molecular weight excluding hydrogens is 230 g/mol. The lowest BCUT2D eigenvalue weighted by Gasteiger charge is -2.20. The Balaban J connectivity index is 2.76. The van der Waals surface area contributed by atoms with Crippen molar-refractivity contribution in [3.63, 3.8) is 0 Å². The summed E-state index contributed by atoms with van der Waals surface area (Å²) in [7, 11) is 3.38. The minimum Gasteiger partial charge on any atom is -0.491 e. The maximum Gasteiger partial charge on any atom is 0.124 e. The molecule has 0 spiro atoms. The van der Waals surface area contributed by atoms with E-state index in [9.17, 15) is 0 Å². The van der Waals surface area contributed by atoms with E-state index in [2.05, 4.69) is 18.3 Å². The van der Waals surface area contributed by atoms with E-state index in [0.717, 1.165) is 17.9 Å². The molecule has 0 radical (unpaired) electrons. The average Bonchev–Trinajstić information content (AvgIpc) is 2.39. The van der Waals surface area contributed by atoms with E-state index < -0.39 is 0 Å². The van der Waals surface area contributed by atoms with Crippen LogP contribution < -0.4 is 10.1 Å². The first-order valence-corrected chi connectivity index (χ1v) is 6.26. The van der Waals surface area contributed by atoms with Crippen LogP contribution in [0.5, 0.6) is 5.75 Å². The predicted molar refractivity (Wildman–Crippen MR) is 72.1 cm³/mol. The first kappa shape index (κ1) is 15.0. The number of para-hydroxylation sites is 1. The van der Waals surface area contributed by atoms with Gasteiger partial charge in [0.2, 0.25) is 0 Å². The molecule has 1 unspecified atom stereocenters. The Bertz CT molecular complexity index is 325. The standard InChI is InChI=1S/C14H23NO3/c1-4-15-13(11-17-3)12-7-5-6-8-14(12)18-10-9-16-2/h5-8,13,15H,4,9-11H2,1-3H3. The highest BCUT2D eigenvalue weighted by molar-refractivity contribution is 5.36. The van der Waals surface area contributed by atoms with Gasteiger partial charge in [-0.25, -0.2) is 0 Å². The Kier molecular flexibility index (Phi) is 7.41. The van der Waals surface area contributed by atoms with Gasteiger partial charge in [0, 0.05) is 19.8 Å². The zero-order valence-corrected chi connectivity index (χ0v) is 11.4. The van der Waals surface area contributed by atoms with Gasteiger partial charge in [-0.3, -0.25) is 0 Å². The molecule has 0 aliphatic carbocycles. The van der Waals surface area contributed by atoms with Gasteiger partial charge in [-0.15, -0.1) is 0 Å². The third kappa shape index (κ3) is 4.64. The zero-order chi connectivity index (χ0) is 13.2. The van der Waals surface area contributed by atoms with Gasteiger partial charge in [0.1, 0.15) is 12.4 Å². The fourth-order valence-electron chi connectivity index (χ4n) is 1.81. The van der Waals surface area contributed by atoms with Crippen LogP contribution in [0.4, 0.5) is 0 Å². The molecule has 0 saturated heterocycles. The lowest BCUT2D eigenvalue weighted by atomic mass is 10.1. The van der Waals surface area contributed by atoms with Crippen LogP contribution in [0.15, 0.2) is 24.3 Å². The maximum atomic E-state index is 5.73. The molecule has 0 bridgehead atoms. The highest BCUT2D eigenvalue weighted by atomic mass is 16.5. The van der Waals surface area contributed by atoms with E-state index in [1.165, 1.54) is 0 Å². The number of hydrogen-bond donors (Lipinski definition) is 1. The van der Waals surface area contributed by atoms with Gasteiger partial charge in [0.05, 0.1) is 19.3 Å². The fourth-order valence-corrected chi connectivity index (χ4v) is 1.81. The first-order chi connectivity index (χ1) is 8.83. The molecule has 0 aliphatic heterocycles. The number of likely N-dealkylation sites (N-methyl/N-ethyl adjacent to an activating group) is 1. The summed E-state index contributed by atoms with van der Waals surface area (Å²) < 4.78 is 16.0. The van der Waals surface area contributed by atoms with Crippen molar-refractivity contribution in [1.29, 1.82) is 0 Å². The van der Waals surface area contributed by atoms with Crippen LogP contribution in [0.3, 0.4) is 0 Å². The molecule has 1 aromatic carbocycles. The Morgan fingerprint density at radius 3 is 2.56 bits per heavy atom. The summed E-state index contributed by atoms with van der Waals surface area (Å²) in [5.41, 5.74) is 1.12. The lowest BCUT2D eigenvalue weighted by molar-refractivity contribution is 0.142. The molecule has 1 aromatic rings. The van der Waals surface area contributed by atoms with Gasteiger partial charge >= 0.3 is 0 Å². The van der Waals surface area contributed by atoms with Crippen LogP contribution >= 0.6 is 0 Å². The average molecular weight is 253 g/mol. The van der Waals surface area contributed by atoms with Crippen molar-refractivity contribution in [2.24, 2.45) is 0 Å². The molecule has 4 nitrogen and oxygen atoms in total. The highest BCUT2D eigenvalue weighted by Crippen LogP contribution is 2.25. The molecule has 1 N–H and O–H groups in total. The van der Waals surface area contributed by atoms with Gasteiger partial charge in [-0.2, -0.15) is 0 Å². The van der Waals surface area contributed by atoms with Gasteiger partial charge in [0.25, 0.3) is 0 Å². The smallest absolute Gasteiger partial charge is 0.124 e. The van der Waals surface area contributed by atoms with Crippen LogP contribution in [0.1, 0.15) is 18.5 Å². The van der Waals surface area contributed by atoms with Crippen molar-refractivity contribution in [3.05, 3.63) is 29.8 Å². The quantitative estimate of drug-likeness (QED) is 0.683. The van der Waals surface area contributed by atoms with Gasteiger partial charge < -0.3 is 19.5 Å². The second-order valence-electron chi connectivity index (χ2n) is 3.94. The topological polar surface area (TPSA) is 39.7 Å². The molecule has 0 aromatic heterocycles. The van der Waals surface area contributed by atoms with Crippen LogP contribution in [0, 0.1) is 0 Å². The first-order valence-electron chi connectivity index (χ1n) is 6.26. The van der Waals surface area contributed by atoms with Crippen molar-refractivity contribution in [2.75, 3.05) is 40.6 Å². The summed E-state index contributed by atoms with van der Waals surface area (Å²) in [6.07, 6.45) is 0. The molecule has 18 heavy (non-hydrogen) atoms. The van der Waals surface area contributed by atoms with Crippen LogP contribution in [0.2, 0.25) is 0 Å². The molecule has 0 saturated carbocycles. The summed E-state index contributed by atoms with van der Waals surface area (Å²) in [5.74, 6) is 0.887. The number of methoxy groups -OCH3 is 2. The zero-order valence-electron chi connectivity index (χ0n) is 11.4. The van der Waals surface area contributed by atoms with Crippen molar-refractivity contribution < 1.29 is 14.2 Å². The van der Waals surface area contributed by atoms with Crippen LogP contribution in [-0.2, 0) is 9.47 Å². The van der Waals surface area contributed by atoms with E-state index in [-0.39, 0.29) is 6.04 Å². The fraction of sp³-hybridized carbons (Fsp3) is 0.571. The molecule has 1 atom stereocenters. The van der Waals surface area contributed by atoms with E-state index in [1.54, 1.807) is 14.2 Å². The number of hydrogen-bond acceptors (Lipinski definition) is 4. The van der Waals surface area contributed by atoms with E-state index in [1.807, 2.05) is 18.2 Å². The summed E-state index contributed by atoms with van der Waals surface area (Å²) in [5, 5.41) is 3.39. The molecule has 0 aliphatic rings. The maximum absolute atomic E-state index is 5.73. The van der Waals surface area contributed by atoms with Crippen molar-refractivity contribution in [1.82, 2.24) is 5.32 Å². The second kappa shape index (κ2) is 8.91. The summed E-state index contributed by atoms with van der Waals surface area (Å²) in [6.45, 7) is 4.74. The highest BCUT2D eigenvalue weighted by Gasteiger charge is 2.14. The van der Waals surface area contributed by atoms with E-state index in [0.29, 0.717) is 19.8 Å². The third-order valence-corrected chi connectivity index (χ3v) is 2.62. The molecule has 0 amide bonds. The number of ether oxygens (including phenoxy) is 3. The molecule has 0 heterocycles. The summed E-state index contributed by atoms with van der Waals surface area (Å²) in [6, 6.07) is 8.18. The lowest BCUT2D eigenvalue weighted by Crippen LogP contribution is -2.25. The van der Waals surface area contributed by atoms with Crippen molar-refractivity contribution in [3.8, 4) is 5.75 Å². The monoisotopic (exact) mass is 253 g/mol. The third-order valence-electron chi connectivity index (χ3n) is 2.62. The minimum atomic E-state index is 0.152.